The van der Waals surface area contributed by atoms with E-state index in [0.29, 0.717) is 9.75 Å². The number of carbonyl (C=O) groups excluding carboxylic acids is 3. The third kappa shape index (κ3) is 5.48. The number of hydrogen-bond donors (Lipinski definition) is 2. The Labute approximate surface area is 199 Å². The van der Waals surface area contributed by atoms with Gasteiger partial charge >= 0.3 is 0 Å². The maximum absolute atomic E-state index is 14.9. The molecule has 0 radical (unpaired) electrons. The zero-order valence-electron chi connectivity index (χ0n) is 17.8. The van der Waals surface area contributed by atoms with Crippen molar-refractivity contribution in [3.05, 3.63) is 74.9 Å². The number of anilines is 1. The van der Waals surface area contributed by atoms with E-state index in [1.165, 1.54) is 45.8 Å². The molecule has 1 aromatic carbocycles. The molecule has 1 fully saturated rings. The highest BCUT2D eigenvalue weighted by Crippen LogP contribution is 2.33. The molecule has 33 heavy (non-hydrogen) atoms. The smallest absolute Gasteiger partial charge is 0.261 e. The number of halogens is 1. The molecule has 172 valence electrons. The van der Waals surface area contributed by atoms with Crippen LogP contribution in [0.3, 0.4) is 0 Å². The summed E-state index contributed by atoms with van der Waals surface area (Å²) < 4.78 is 14.9. The summed E-state index contributed by atoms with van der Waals surface area (Å²) in [5.74, 6) is -1.95. The number of carbonyl (C=O) groups is 3. The van der Waals surface area contributed by atoms with Gasteiger partial charge in [-0.2, -0.15) is 0 Å². The monoisotopic (exact) mass is 485 g/mol. The van der Waals surface area contributed by atoms with Gasteiger partial charge in [-0.25, -0.2) is 4.39 Å². The first-order valence-electron chi connectivity index (χ1n) is 10.8. The summed E-state index contributed by atoms with van der Waals surface area (Å²) in [5.41, 5.74) is -0.00663. The van der Waals surface area contributed by atoms with Gasteiger partial charge < -0.3 is 10.6 Å². The minimum absolute atomic E-state index is 0.00663. The van der Waals surface area contributed by atoms with E-state index in [4.69, 9.17) is 0 Å². The van der Waals surface area contributed by atoms with E-state index in [2.05, 4.69) is 10.6 Å². The van der Waals surface area contributed by atoms with Gasteiger partial charge in [-0.05, 0) is 47.9 Å². The highest BCUT2D eigenvalue weighted by molar-refractivity contribution is 7.12. The molecule has 0 saturated heterocycles. The molecule has 1 atom stereocenters. The molecule has 1 aliphatic rings. The largest absolute Gasteiger partial charge is 0.351 e. The van der Waals surface area contributed by atoms with Gasteiger partial charge in [0.25, 0.3) is 5.91 Å². The molecule has 2 N–H and O–H groups in total. The van der Waals surface area contributed by atoms with Crippen molar-refractivity contribution < 1.29 is 18.8 Å². The van der Waals surface area contributed by atoms with Crippen LogP contribution >= 0.6 is 22.7 Å². The van der Waals surface area contributed by atoms with E-state index in [-0.39, 0.29) is 24.2 Å². The molecule has 1 saturated carbocycles. The maximum atomic E-state index is 14.9. The van der Waals surface area contributed by atoms with E-state index in [9.17, 15) is 18.8 Å². The Morgan fingerprint density at radius 1 is 1.00 bits per heavy atom. The Balaban J connectivity index is 1.65. The van der Waals surface area contributed by atoms with Crippen molar-refractivity contribution in [1.29, 1.82) is 0 Å². The Hall–Kier alpha value is -3.04. The van der Waals surface area contributed by atoms with Crippen LogP contribution in [0, 0.1) is 5.82 Å². The van der Waals surface area contributed by atoms with E-state index < -0.39 is 23.7 Å². The molecular formula is C24H24FN3O3S2. The van der Waals surface area contributed by atoms with Crippen molar-refractivity contribution in [2.24, 2.45) is 0 Å². The van der Waals surface area contributed by atoms with Crippen LogP contribution < -0.4 is 15.5 Å². The van der Waals surface area contributed by atoms with E-state index >= 15 is 0 Å². The van der Waals surface area contributed by atoms with Gasteiger partial charge in [0.2, 0.25) is 11.8 Å². The van der Waals surface area contributed by atoms with E-state index in [1.807, 2.05) is 5.38 Å². The number of nitrogens with one attached hydrogen (secondary N) is 2. The second-order valence-electron chi connectivity index (χ2n) is 7.78. The lowest BCUT2D eigenvalue weighted by atomic mass is 10.1. The quantitative estimate of drug-likeness (QED) is 0.493. The lowest BCUT2D eigenvalue weighted by Crippen LogP contribution is -2.49. The summed E-state index contributed by atoms with van der Waals surface area (Å²) in [7, 11) is 0. The van der Waals surface area contributed by atoms with Crippen molar-refractivity contribution in [2.75, 3.05) is 11.4 Å². The molecule has 0 bridgehead atoms. The SMILES string of the molecule is O=C(NCC(=O)N(c1ccccc1F)C(C(=O)NC1CCCC1)c1cccs1)c1cccs1. The summed E-state index contributed by atoms with van der Waals surface area (Å²) in [4.78, 5) is 41.5. The van der Waals surface area contributed by atoms with Crippen molar-refractivity contribution in [2.45, 2.75) is 37.8 Å². The number of benzene rings is 1. The molecule has 4 rings (SSSR count). The molecule has 3 aromatic rings. The fraction of sp³-hybridized carbons (Fsp3) is 0.292. The minimum atomic E-state index is -1.05. The lowest BCUT2D eigenvalue weighted by molar-refractivity contribution is -0.126. The van der Waals surface area contributed by atoms with Crippen molar-refractivity contribution in [3.63, 3.8) is 0 Å². The second-order valence-corrected chi connectivity index (χ2v) is 9.71. The van der Waals surface area contributed by atoms with Gasteiger partial charge in [0.1, 0.15) is 11.9 Å². The van der Waals surface area contributed by atoms with Crippen LogP contribution in [0.4, 0.5) is 10.1 Å². The summed E-state index contributed by atoms with van der Waals surface area (Å²) in [6.07, 6.45) is 3.85. The maximum Gasteiger partial charge on any atom is 0.261 e. The normalized spacial score (nSPS) is 14.6. The summed E-state index contributed by atoms with van der Waals surface area (Å²) in [5, 5.41) is 9.22. The molecule has 0 spiro atoms. The van der Waals surface area contributed by atoms with Gasteiger partial charge in [-0.1, -0.05) is 37.1 Å². The first kappa shape index (κ1) is 23.1. The Morgan fingerprint density at radius 2 is 1.73 bits per heavy atom. The molecule has 0 aliphatic heterocycles. The second kappa shape index (κ2) is 10.7. The van der Waals surface area contributed by atoms with E-state index in [1.54, 1.807) is 35.7 Å². The number of thiophene rings is 2. The summed E-state index contributed by atoms with van der Waals surface area (Å²) >= 11 is 2.58. The fourth-order valence-corrected chi connectivity index (χ4v) is 5.42. The fourth-order valence-electron chi connectivity index (χ4n) is 3.97. The van der Waals surface area contributed by atoms with Crippen LogP contribution in [0.5, 0.6) is 0 Å². The molecular weight excluding hydrogens is 461 g/mol. The topological polar surface area (TPSA) is 78.5 Å². The van der Waals surface area contributed by atoms with Crippen LogP contribution in [0.1, 0.15) is 46.3 Å². The van der Waals surface area contributed by atoms with Gasteiger partial charge in [-0.15, -0.1) is 22.7 Å². The summed E-state index contributed by atoms with van der Waals surface area (Å²) in [6.45, 7) is -0.371. The van der Waals surface area contributed by atoms with Crippen LogP contribution in [-0.2, 0) is 9.59 Å². The minimum Gasteiger partial charge on any atom is -0.351 e. The van der Waals surface area contributed by atoms with Crippen LogP contribution in [0.15, 0.2) is 59.3 Å². The standard InChI is InChI=1S/C24H24FN3O3S2/c25-17-9-3-4-10-18(17)28(21(29)15-26-23(30)20-12-6-14-33-20)22(19-11-5-13-32-19)24(31)27-16-7-1-2-8-16/h3-6,9-14,16,22H,1-2,7-8,15H2,(H,26,30)(H,27,31). The molecule has 6 nitrogen and oxygen atoms in total. The zero-order chi connectivity index (χ0) is 23.2. The number of nitrogens with zero attached hydrogens (tertiary/aromatic N) is 1. The Morgan fingerprint density at radius 3 is 2.39 bits per heavy atom. The third-order valence-electron chi connectivity index (χ3n) is 5.55. The van der Waals surface area contributed by atoms with Crippen LogP contribution in [-0.4, -0.2) is 30.3 Å². The molecule has 9 heteroatoms. The number of amides is 3. The van der Waals surface area contributed by atoms with Crippen LogP contribution in [0.2, 0.25) is 0 Å². The van der Waals surface area contributed by atoms with Gasteiger partial charge in [0.05, 0.1) is 17.1 Å². The van der Waals surface area contributed by atoms with E-state index in [0.717, 1.165) is 25.7 Å². The molecule has 2 heterocycles. The number of hydrogen-bond acceptors (Lipinski definition) is 5. The van der Waals surface area contributed by atoms with Crippen molar-refractivity contribution in [3.8, 4) is 0 Å². The molecule has 3 amide bonds. The predicted molar refractivity (Wildman–Crippen MR) is 128 cm³/mol. The summed E-state index contributed by atoms with van der Waals surface area (Å²) in [6, 6.07) is 11.8. The van der Waals surface area contributed by atoms with Crippen molar-refractivity contribution in [1.82, 2.24) is 10.6 Å². The molecule has 1 unspecified atom stereocenters. The highest BCUT2D eigenvalue weighted by atomic mass is 32.1. The molecule has 2 aromatic heterocycles. The predicted octanol–water partition coefficient (Wildman–Crippen LogP) is 4.51. The zero-order valence-corrected chi connectivity index (χ0v) is 19.5. The average molecular weight is 486 g/mol. The first-order valence-corrected chi connectivity index (χ1v) is 12.5. The highest BCUT2D eigenvalue weighted by Gasteiger charge is 2.36. The van der Waals surface area contributed by atoms with Crippen molar-refractivity contribution >= 4 is 46.1 Å². The average Bonchev–Trinajstić information content (AvgIpc) is 3.59. The van der Waals surface area contributed by atoms with Gasteiger partial charge in [0, 0.05) is 10.9 Å². The Bertz CT molecular complexity index is 1100. The Kier molecular flexibility index (Phi) is 7.51. The van der Waals surface area contributed by atoms with Crippen LogP contribution in [0.25, 0.3) is 0 Å². The van der Waals surface area contributed by atoms with Gasteiger partial charge in [0.15, 0.2) is 0 Å². The number of para-hydroxylation sites is 1. The molecule has 1 aliphatic carbocycles. The first-order chi connectivity index (χ1) is 16.0. The lowest BCUT2D eigenvalue weighted by Gasteiger charge is -2.31. The third-order valence-corrected chi connectivity index (χ3v) is 7.34. The van der Waals surface area contributed by atoms with Gasteiger partial charge in [-0.3, -0.25) is 19.3 Å². The number of rotatable bonds is 8.